The van der Waals surface area contributed by atoms with E-state index in [9.17, 15) is 0 Å². The van der Waals surface area contributed by atoms with Crippen LogP contribution >= 0.6 is 8.20 Å². The number of rotatable bonds is 2. The highest BCUT2D eigenvalue weighted by molar-refractivity contribution is 7.43. The molecule has 1 aliphatic heterocycles. The molecule has 0 nitrogen and oxygen atoms in total. The van der Waals surface area contributed by atoms with Gasteiger partial charge in [-0.3, -0.25) is 0 Å². The Morgan fingerprint density at radius 2 is 1.44 bits per heavy atom. The molecule has 1 atom stereocenters. The standard InChI is InChI=1S/C17H15P/c1-13-12-16(14-8-4-2-5-9-14)18-17(13)15-10-6-3-7-11-15/h2-12,17H,1H3. The molecule has 1 aliphatic rings. The van der Waals surface area contributed by atoms with Crippen LogP contribution in [0.3, 0.4) is 0 Å². The summed E-state index contributed by atoms with van der Waals surface area (Å²) in [5, 5.41) is 1.43. The lowest BCUT2D eigenvalue weighted by Gasteiger charge is -2.08. The SMILES string of the molecule is CC1=CC(c2ccccc2)=PC1c1ccccc1. The Kier molecular flexibility index (Phi) is 3.13. The fraction of sp³-hybridized carbons (Fsp3) is 0.118. The molecule has 0 saturated heterocycles. The van der Waals surface area contributed by atoms with Crippen molar-refractivity contribution in [3.05, 3.63) is 83.4 Å². The van der Waals surface area contributed by atoms with Gasteiger partial charge in [0, 0.05) is 11.0 Å². The molecule has 0 aromatic heterocycles. The average molecular weight is 250 g/mol. The van der Waals surface area contributed by atoms with E-state index in [0.29, 0.717) is 5.66 Å². The third-order valence-corrected chi connectivity index (χ3v) is 4.88. The van der Waals surface area contributed by atoms with Crippen molar-refractivity contribution in [3.8, 4) is 0 Å². The van der Waals surface area contributed by atoms with E-state index in [1.807, 2.05) is 0 Å². The van der Waals surface area contributed by atoms with Crippen molar-refractivity contribution in [2.45, 2.75) is 12.6 Å². The van der Waals surface area contributed by atoms with Crippen LogP contribution in [0.5, 0.6) is 0 Å². The zero-order valence-electron chi connectivity index (χ0n) is 10.4. The van der Waals surface area contributed by atoms with Gasteiger partial charge in [0.15, 0.2) is 0 Å². The molecule has 2 aromatic carbocycles. The summed E-state index contributed by atoms with van der Waals surface area (Å²) in [6.07, 6.45) is 2.34. The molecule has 0 saturated carbocycles. The average Bonchev–Trinajstić information content (AvgIpc) is 2.83. The Balaban J connectivity index is 1.97. The minimum atomic E-state index is 0.529. The van der Waals surface area contributed by atoms with E-state index in [-0.39, 0.29) is 0 Å². The van der Waals surface area contributed by atoms with Crippen molar-refractivity contribution >= 4 is 13.5 Å². The van der Waals surface area contributed by atoms with E-state index < -0.39 is 0 Å². The van der Waals surface area contributed by atoms with Crippen LogP contribution in [0.2, 0.25) is 0 Å². The summed E-state index contributed by atoms with van der Waals surface area (Å²) in [5.41, 5.74) is 4.75. The van der Waals surface area contributed by atoms with Gasteiger partial charge in [-0.05, 0) is 24.1 Å². The lowest BCUT2D eigenvalue weighted by atomic mass is 10.0. The van der Waals surface area contributed by atoms with Crippen LogP contribution in [-0.2, 0) is 0 Å². The van der Waals surface area contributed by atoms with Crippen LogP contribution in [0.1, 0.15) is 23.7 Å². The van der Waals surface area contributed by atoms with Crippen LogP contribution in [0.4, 0.5) is 0 Å². The highest BCUT2D eigenvalue weighted by Gasteiger charge is 2.18. The van der Waals surface area contributed by atoms with Gasteiger partial charge in [0.1, 0.15) is 0 Å². The van der Waals surface area contributed by atoms with Crippen molar-refractivity contribution in [2.75, 3.05) is 0 Å². The van der Waals surface area contributed by atoms with Gasteiger partial charge in [-0.15, -0.1) is 0 Å². The Morgan fingerprint density at radius 1 is 0.833 bits per heavy atom. The molecule has 0 bridgehead atoms. The molecule has 1 heterocycles. The maximum atomic E-state index is 2.34. The molecule has 18 heavy (non-hydrogen) atoms. The van der Waals surface area contributed by atoms with Gasteiger partial charge in [-0.25, -0.2) is 0 Å². The molecular formula is C17H15P. The van der Waals surface area contributed by atoms with Gasteiger partial charge in [0.2, 0.25) is 0 Å². The van der Waals surface area contributed by atoms with Crippen molar-refractivity contribution in [2.24, 2.45) is 0 Å². The van der Waals surface area contributed by atoms with Crippen LogP contribution in [0.15, 0.2) is 72.3 Å². The third-order valence-electron chi connectivity index (χ3n) is 3.25. The van der Waals surface area contributed by atoms with Crippen LogP contribution < -0.4 is 0 Å². The molecule has 1 unspecified atom stereocenters. The van der Waals surface area contributed by atoms with Gasteiger partial charge in [-0.2, -0.15) is 0 Å². The van der Waals surface area contributed by atoms with E-state index in [2.05, 4.69) is 73.7 Å². The highest BCUT2D eigenvalue weighted by atomic mass is 31.1. The molecule has 2 aromatic rings. The normalized spacial score (nSPS) is 19.3. The van der Waals surface area contributed by atoms with Gasteiger partial charge in [0.05, 0.1) is 0 Å². The summed E-state index contributed by atoms with van der Waals surface area (Å²) in [6, 6.07) is 21.5. The summed E-state index contributed by atoms with van der Waals surface area (Å²) in [6.45, 7) is 2.24. The lowest BCUT2D eigenvalue weighted by molar-refractivity contribution is 1.12. The van der Waals surface area contributed by atoms with Crippen molar-refractivity contribution in [3.63, 3.8) is 0 Å². The monoisotopic (exact) mass is 250 g/mol. The van der Waals surface area contributed by atoms with Gasteiger partial charge < -0.3 is 0 Å². The second-order valence-corrected chi connectivity index (χ2v) is 5.84. The molecule has 0 radical (unpaired) electrons. The molecule has 0 amide bonds. The fourth-order valence-electron chi connectivity index (χ4n) is 2.31. The molecule has 0 fully saturated rings. The summed E-state index contributed by atoms with van der Waals surface area (Å²) in [4.78, 5) is 0. The van der Waals surface area contributed by atoms with Gasteiger partial charge >= 0.3 is 0 Å². The second-order valence-electron chi connectivity index (χ2n) is 4.58. The smallest absolute Gasteiger partial charge is 0.0474 e. The van der Waals surface area contributed by atoms with Gasteiger partial charge in [-0.1, -0.05) is 74.4 Å². The van der Waals surface area contributed by atoms with E-state index in [1.165, 1.54) is 30.2 Å². The highest BCUT2D eigenvalue weighted by Crippen LogP contribution is 2.41. The Labute approximate surface area is 110 Å². The first-order valence-electron chi connectivity index (χ1n) is 6.21. The summed E-state index contributed by atoms with van der Waals surface area (Å²) in [5.74, 6) is 0. The zero-order chi connectivity index (χ0) is 12.4. The molecule has 88 valence electrons. The van der Waals surface area contributed by atoms with E-state index in [1.54, 1.807) is 0 Å². The third kappa shape index (κ3) is 2.17. The van der Waals surface area contributed by atoms with Crippen molar-refractivity contribution < 1.29 is 0 Å². The number of allylic oxidation sites excluding steroid dienone is 2. The summed E-state index contributed by atoms with van der Waals surface area (Å²) >= 11 is 0. The maximum absolute atomic E-state index is 2.34. The lowest BCUT2D eigenvalue weighted by Crippen LogP contribution is -1.89. The van der Waals surface area contributed by atoms with E-state index in [0.717, 1.165) is 0 Å². The molecule has 3 rings (SSSR count). The van der Waals surface area contributed by atoms with E-state index >= 15 is 0 Å². The number of benzene rings is 2. The predicted octanol–water partition coefficient (Wildman–Crippen LogP) is 4.85. The quantitative estimate of drug-likeness (QED) is 0.668. The largest absolute Gasteiger partial charge is 0.0831 e. The summed E-state index contributed by atoms with van der Waals surface area (Å²) in [7, 11) is 1.40. The van der Waals surface area contributed by atoms with Gasteiger partial charge in [0.25, 0.3) is 0 Å². The minimum Gasteiger partial charge on any atom is -0.0831 e. The van der Waals surface area contributed by atoms with Crippen molar-refractivity contribution in [1.82, 2.24) is 0 Å². The topological polar surface area (TPSA) is 0 Å². The first-order chi connectivity index (χ1) is 8.84. The van der Waals surface area contributed by atoms with E-state index in [4.69, 9.17) is 0 Å². The first-order valence-corrected chi connectivity index (χ1v) is 7.17. The van der Waals surface area contributed by atoms with Crippen LogP contribution in [-0.4, -0.2) is 5.29 Å². The predicted molar refractivity (Wildman–Crippen MR) is 80.4 cm³/mol. The molecular weight excluding hydrogens is 235 g/mol. The maximum Gasteiger partial charge on any atom is 0.0474 e. The number of hydrogen-bond donors (Lipinski definition) is 0. The van der Waals surface area contributed by atoms with Crippen LogP contribution in [0.25, 0.3) is 0 Å². The fourth-order valence-corrected chi connectivity index (χ4v) is 3.77. The Morgan fingerprint density at radius 3 is 2.11 bits per heavy atom. The summed E-state index contributed by atoms with van der Waals surface area (Å²) < 4.78 is 0. The zero-order valence-corrected chi connectivity index (χ0v) is 11.3. The minimum absolute atomic E-state index is 0.529. The molecule has 0 spiro atoms. The number of hydrogen-bond acceptors (Lipinski definition) is 0. The first kappa shape index (κ1) is 11.4. The van der Waals surface area contributed by atoms with Crippen molar-refractivity contribution in [1.29, 1.82) is 0 Å². The van der Waals surface area contributed by atoms with Crippen LogP contribution in [0, 0.1) is 0 Å². The Hall–Kier alpha value is -1.65. The second kappa shape index (κ2) is 4.92. The molecule has 0 aliphatic carbocycles. The molecule has 0 N–H and O–H groups in total. The Bertz CT molecular complexity index is 594. The molecule has 1 heteroatoms.